The zero-order valence-electron chi connectivity index (χ0n) is 13.7. The standard InChI is InChI=1S/C18H26O4/c1-3-5-11-15-21-17(19)13-9-7-8-10-14-18(20)22-16-12-6-4-2/h7-16H2,1-2H3. The van der Waals surface area contributed by atoms with Crippen LogP contribution >= 0.6 is 0 Å². The maximum atomic E-state index is 11.4. The average Bonchev–Trinajstić information content (AvgIpc) is 2.51. The van der Waals surface area contributed by atoms with Gasteiger partial charge >= 0.3 is 11.9 Å². The van der Waals surface area contributed by atoms with Gasteiger partial charge in [-0.2, -0.15) is 0 Å². The van der Waals surface area contributed by atoms with Crippen LogP contribution in [-0.2, 0) is 19.1 Å². The Morgan fingerprint density at radius 1 is 0.727 bits per heavy atom. The molecule has 0 saturated carbocycles. The van der Waals surface area contributed by atoms with Crippen molar-refractivity contribution in [3.8, 4) is 23.7 Å². The van der Waals surface area contributed by atoms with Gasteiger partial charge in [-0.25, -0.2) is 0 Å². The Morgan fingerprint density at radius 3 is 1.50 bits per heavy atom. The number of rotatable bonds is 11. The summed E-state index contributed by atoms with van der Waals surface area (Å²) in [6.45, 7) is 4.26. The van der Waals surface area contributed by atoms with E-state index in [4.69, 9.17) is 9.47 Å². The van der Waals surface area contributed by atoms with E-state index in [-0.39, 0.29) is 11.9 Å². The van der Waals surface area contributed by atoms with E-state index in [0.717, 1.165) is 25.7 Å². The van der Waals surface area contributed by atoms with E-state index >= 15 is 0 Å². The number of hydrogen-bond acceptors (Lipinski definition) is 4. The molecule has 22 heavy (non-hydrogen) atoms. The third kappa shape index (κ3) is 14.5. The van der Waals surface area contributed by atoms with Crippen LogP contribution in [-0.4, -0.2) is 25.2 Å². The summed E-state index contributed by atoms with van der Waals surface area (Å²) in [4.78, 5) is 22.7. The van der Waals surface area contributed by atoms with Gasteiger partial charge < -0.3 is 9.47 Å². The molecule has 0 heterocycles. The topological polar surface area (TPSA) is 52.6 Å². The number of hydrogen-bond donors (Lipinski definition) is 0. The van der Waals surface area contributed by atoms with Gasteiger partial charge in [0.25, 0.3) is 0 Å². The quantitative estimate of drug-likeness (QED) is 0.334. The fourth-order valence-corrected chi connectivity index (χ4v) is 1.72. The Bertz CT molecular complexity index is 389. The van der Waals surface area contributed by atoms with Crippen molar-refractivity contribution in [2.24, 2.45) is 0 Å². The first-order valence-electron chi connectivity index (χ1n) is 7.81. The Balaban J connectivity index is 3.37. The van der Waals surface area contributed by atoms with E-state index in [2.05, 4.69) is 23.7 Å². The summed E-state index contributed by atoms with van der Waals surface area (Å²) in [6, 6.07) is 0. The zero-order chi connectivity index (χ0) is 16.5. The van der Waals surface area contributed by atoms with E-state index in [1.165, 1.54) is 0 Å². The molecule has 0 bridgehead atoms. The highest BCUT2D eigenvalue weighted by atomic mass is 16.5. The van der Waals surface area contributed by atoms with E-state index in [0.29, 0.717) is 38.9 Å². The summed E-state index contributed by atoms with van der Waals surface area (Å²) < 4.78 is 10.1. The monoisotopic (exact) mass is 306 g/mol. The molecule has 0 aliphatic heterocycles. The van der Waals surface area contributed by atoms with Gasteiger partial charge in [-0.3, -0.25) is 9.59 Å². The van der Waals surface area contributed by atoms with E-state index in [1.54, 1.807) is 13.8 Å². The Labute approximate surface area is 133 Å². The highest BCUT2D eigenvalue weighted by Gasteiger charge is 2.04. The minimum Gasteiger partial charge on any atom is -0.465 e. The molecule has 0 aromatic heterocycles. The van der Waals surface area contributed by atoms with Crippen molar-refractivity contribution in [3.63, 3.8) is 0 Å². The smallest absolute Gasteiger partial charge is 0.305 e. The van der Waals surface area contributed by atoms with Gasteiger partial charge in [-0.1, -0.05) is 12.8 Å². The molecule has 0 saturated heterocycles. The predicted molar refractivity (Wildman–Crippen MR) is 85.8 cm³/mol. The van der Waals surface area contributed by atoms with Crippen LogP contribution < -0.4 is 0 Å². The van der Waals surface area contributed by atoms with Gasteiger partial charge in [0.1, 0.15) is 13.2 Å². The van der Waals surface area contributed by atoms with E-state index in [9.17, 15) is 9.59 Å². The van der Waals surface area contributed by atoms with Crippen LogP contribution in [0.1, 0.15) is 65.2 Å². The van der Waals surface area contributed by atoms with Crippen molar-refractivity contribution in [1.29, 1.82) is 0 Å². The van der Waals surface area contributed by atoms with Gasteiger partial charge in [-0.15, -0.1) is 23.7 Å². The van der Waals surface area contributed by atoms with Crippen molar-refractivity contribution in [3.05, 3.63) is 0 Å². The lowest BCUT2D eigenvalue weighted by Gasteiger charge is -2.04. The van der Waals surface area contributed by atoms with E-state index in [1.807, 2.05) is 0 Å². The van der Waals surface area contributed by atoms with Crippen LogP contribution in [0.15, 0.2) is 0 Å². The highest BCUT2D eigenvalue weighted by molar-refractivity contribution is 5.69. The van der Waals surface area contributed by atoms with Crippen LogP contribution in [0.4, 0.5) is 0 Å². The van der Waals surface area contributed by atoms with Gasteiger partial charge in [0, 0.05) is 25.7 Å². The van der Waals surface area contributed by atoms with Gasteiger partial charge in [0.05, 0.1) is 0 Å². The zero-order valence-corrected chi connectivity index (χ0v) is 13.7. The number of carbonyl (C=O) groups is 2. The molecule has 0 unspecified atom stereocenters. The van der Waals surface area contributed by atoms with Crippen molar-refractivity contribution in [2.45, 2.75) is 65.2 Å². The second-order valence-corrected chi connectivity index (χ2v) is 4.71. The molecule has 0 radical (unpaired) electrons. The molecule has 122 valence electrons. The first-order chi connectivity index (χ1) is 10.7. The molecule has 0 amide bonds. The normalized spacial score (nSPS) is 9.00. The second-order valence-electron chi connectivity index (χ2n) is 4.71. The Morgan fingerprint density at radius 2 is 1.14 bits per heavy atom. The maximum Gasteiger partial charge on any atom is 0.305 e. The van der Waals surface area contributed by atoms with Crippen molar-refractivity contribution < 1.29 is 19.1 Å². The molecular formula is C18H26O4. The Kier molecular flexibility index (Phi) is 14.1. The molecule has 0 spiro atoms. The molecule has 0 aliphatic carbocycles. The SMILES string of the molecule is CC#CCCOC(=O)CCCCCCC(=O)OCCC#CC. The molecule has 0 aromatic rings. The maximum absolute atomic E-state index is 11.4. The first-order valence-corrected chi connectivity index (χ1v) is 7.81. The molecule has 0 rings (SSSR count). The molecule has 4 heteroatoms. The fraction of sp³-hybridized carbons (Fsp3) is 0.667. The number of ether oxygens (including phenoxy) is 2. The molecular weight excluding hydrogens is 280 g/mol. The third-order valence-electron chi connectivity index (χ3n) is 2.85. The van der Waals surface area contributed by atoms with Crippen LogP contribution in [0, 0.1) is 23.7 Å². The molecule has 0 fully saturated rings. The van der Waals surface area contributed by atoms with Crippen molar-refractivity contribution in [2.75, 3.05) is 13.2 Å². The highest BCUT2D eigenvalue weighted by Crippen LogP contribution is 2.07. The Hall–Kier alpha value is -1.94. The lowest BCUT2D eigenvalue weighted by atomic mass is 10.1. The summed E-state index contributed by atoms with van der Waals surface area (Å²) in [6.07, 6.45) is 5.46. The summed E-state index contributed by atoms with van der Waals surface area (Å²) in [5, 5.41) is 0. The fourth-order valence-electron chi connectivity index (χ4n) is 1.72. The first kappa shape index (κ1) is 20.1. The lowest BCUT2D eigenvalue weighted by molar-refractivity contribution is -0.144. The summed E-state index contributed by atoms with van der Waals surface area (Å²) >= 11 is 0. The summed E-state index contributed by atoms with van der Waals surface area (Å²) in [5.41, 5.74) is 0. The largest absolute Gasteiger partial charge is 0.465 e. The number of carbonyl (C=O) groups excluding carboxylic acids is 2. The predicted octanol–water partition coefficient (Wildman–Crippen LogP) is 3.24. The van der Waals surface area contributed by atoms with Crippen LogP contribution in [0.2, 0.25) is 0 Å². The number of esters is 2. The van der Waals surface area contributed by atoms with Crippen LogP contribution in [0.3, 0.4) is 0 Å². The van der Waals surface area contributed by atoms with Gasteiger partial charge in [-0.05, 0) is 26.7 Å². The third-order valence-corrected chi connectivity index (χ3v) is 2.85. The molecule has 4 nitrogen and oxygen atoms in total. The van der Waals surface area contributed by atoms with Crippen molar-refractivity contribution >= 4 is 11.9 Å². The minimum absolute atomic E-state index is 0.172. The van der Waals surface area contributed by atoms with E-state index < -0.39 is 0 Å². The molecule has 0 aromatic carbocycles. The molecule has 0 aliphatic rings. The lowest BCUT2D eigenvalue weighted by Crippen LogP contribution is -2.06. The summed E-state index contributed by atoms with van der Waals surface area (Å²) in [7, 11) is 0. The van der Waals surface area contributed by atoms with Gasteiger partial charge in [0.2, 0.25) is 0 Å². The van der Waals surface area contributed by atoms with Gasteiger partial charge in [0.15, 0.2) is 0 Å². The molecule has 0 N–H and O–H groups in total. The van der Waals surface area contributed by atoms with Crippen LogP contribution in [0.25, 0.3) is 0 Å². The minimum atomic E-state index is -0.172. The second kappa shape index (κ2) is 15.4. The number of unbranched alkanes of at least 4 members (excludes halogenated alkanes) is 3. The molecule has 0 atom stereocenters. The van der Waals surface area contributed by atoms with Crippen LogP contribution in [0.5, 0.6) is 0 Å². The summed E-state index contributed by atoms with van der Waals surface area (Å²) in [5.74, 6) is 10.8. The van der Waals surface area contributed by atoms with Crippen molar-refractivity contribution in [1.82, 2.24) is 0 Å². The average molecular weight is 306 g/mol.